The fourth-order valence-corrected chi connectivity index (χ4v) is 4.16. The van der Waals surface area contributed by atoms with Crippen LogP contribution in [-0.2, 0) is 20.2 Å². The van der Waals surface area contributed by atoms with Crippen LogP contribution in [0.25, 0.3) is 0 Å². The standard InChI is InChI=1S/C20H23BrClN5O2S/c1-27-20(24-25-26-27)30-8-4-7-23-12-15-10-18(28-2)19(11-17(15)21)29-13-14-5-3-6-16(22)9-14/h3,5-6,9-11,23H,4,7-8,12-13H2,1-2H3. The Morgan fingerprint density at radius 3 is 2.83 bits per heavy atom. The molecule has 0 unspecified atom stereocenters. The summed E-state index contributed by atoms with van der Waals surface area (Å²) in [5.74, 6) is 2.33. The zero-order chi connectivity index (χ0) is 21.3. The molecule has 0 aliphatic carbocycles. The van der Waals surface area contributed by atoms with Gasteiger partial charge in [0, 0.05) is 28.8 Å². The van der Waals surface area contributed by atoms with E-state index in [9.17, 15) is 0 Å². The molecule has 0 bridgehead atoms. The zero-order valence-corrected chi connectivity index (χ0v) is 19.9. The number of halogens is 2. The molecule has 0 spiro atoms. The van der Waals surface area contributed by atoms with Gasteiger partial charge in [0.15, 0.2) is 11.5 Å². The molecule has 0 fully saturated rings. The van der Waals surface area contributed by atoms with Gasteiger partial charge in [0.1, 0.15) is 6.61 Å². The molecule has 0 radical (unpaired) electrons. The van der Waals surface area contributed by atoms with Crippen molar-refractivity contribution in [3.05, 3.63) is 57.0 Å². The second-order valence-electron chi connectivity index (χ2n) is 6.48. The van der Waals surface area contributed by atoms with E-state index in [1.54, 1.807) is 23.6 Å². The smallest absolute Gasteiger partial charge is 0.209 e. The number of hydrogen-bond acceptors (Lipinski definition) is 7. The molecule has 1 aromatic heterocycles. The molecule has 30 heavy (non-hydrogen) atoms. The van der Waals surface area contributed by atoms with Crippen LogP contribution >= 0.6 is 39.3 Å². The number of thioether (sulfide) groups is 1. The van der Waals surface area contributed by atoms with Crippen molar-refractivity contribution >= 4 is 39.3 Å². The van der Waals surface area contributed by atoms with Crippen molar-refractivity contribution in [2.45, 2.75) is 24.7 Å². The summed E-state index contributed by atoms with van der Waals surface area (Å²) in [5.41, 5.74) is 2.11. The van der Waals surface area contributed by atoms with E-state index in [-0.39, 0.29) is 0 Å². The van der Waals surface area contributed by atoms with Crippen molar-refractivity contribution in [3.63, 3.8) is 0 Å². The average molecular weight is 513 g/mol. The summed E-state index contributed by atoms with van der Waals surface area (Å²) >= 11 is 11.3. The van der Waals surface area contributed by atoms with Gasteiger partial charge in [-0.25, -0.2) is 4.68 Å². The summed E-state index contributed by atoms with van der Waals surface area (Å²) in [5, 5.41) is 16.4. The highest BCUT2D eigenvalue weighted by Crippen LogP contribution is 2.34. The molecule has 7 nitrogen and oxygen atoms in total. The number of hydrogen-bond donors (Lipinski definition) is 1. The van der Waals surface area contributed by atoms with Gasteiger partial charge in [-0.15, -0.1) is 5.10 Å². The van der Waals surface area contributed by atoms with E-state index in [2.05, 4.69) is 36.8 Å². The molecule has 0 aliphatic heterocycles. The van der Waals surface area contributed by atoms with Gasteiger partial charge in [-0.3, -0.25) is 0 Å². The van der Waals surface area contributed by atoms with Crippen molar-refractivity contribution in [3.8, 4) is 11.5 Å². The van der Waals surface area contributed by atoms with Gasteiger partial charge in [0.05, 0.1) is 7.11 Å². The largest absolute Gasteiger partial charge is 0.493 e. The first-order valence-corrected chi connectivity index (χ1v) is 11.5. The number of methoxy groups -OCH3 is 1. The molecule has 2 aromatic carbocycles. The molecule has 0 saturated carbocycles. The van der Waals surface area contributed by atoms with Crippen molar-refractivity contribution in [1.29, 1.82) is 0 Å². The Hall–Kier alpha value is -1.81. The number of benzene rings is 2. The first-order chi connectivity index (χ1) is 14.6. The predicted octanol–water partition coefficient (Wildman–Crippen LogP) is 4.49. The Bertz CT molecular complexity index is 972. The fourth-order valence-electron chi connectivity index (χ4n) is 2.70. The van der Waals surface area contributed by atoms with E-state index >= 15 is 0 Å². The summed E-state index contributed by atoms with van der Waals surface area (Å²) in [6.07, 6.45) is 1.01. The fraction of sp³-hybridized carbons (Fsp3) is 0.350. The van der Waals surface area contributed by atoms with E-state index in [4.69, 9.17) is 21.1 Å². The lowest BCUT2D eigenvalue weighted by atomic mass is 10.2. The Labute approximate surface area is 193 Å². The Balaban J connectivity index is 1.48. The molecule has 3 aromatic rings. The highest BCUT2D eigenvalue weighted by molar-refractivity contribution is 9.10. The second-order valence-corrected chi connectivity index (χ2v) is 8.83. The maximum Gasteiger partial charge on any atom is 0.209 e. The van der Waals surface area contributed by atoms with Gasteiger partial charge in [-0.05, 0) is 58.8 Å². The maximum absolute atomic E-state index is 6.04. The van der Waals surface area contributed by atoms with Crippen molar-refractivity contribution < 1.29 is 9.47 Å². The number of rotatable bonds is 11. The number of nitrogens with zero attached hydrogens (tertiary/aromatic N) is 4. The Morgan fingerprint density at radius 2 is 2.10 bits per heavy atom. The van der Waals surface area contributed by atoms with E-state index in [0.29, 0.717) is 23.1 Å². The number of nitrogens with one attached hydrogen (secondary N) is 1. The lowest BCUT2D eigenvalue weighted by Gasteiger charge is -2.14. The van der Waals surface area contributed by atoms with Crippen molar-refractivity contribution in [1.82, 2.24) is 25.5 Å². The number of tetrazole rings is 1. The van der Waals surface area contributed by atoms with Gasteiger partial charge in [-0.1, -0.05) is 51.4 Å². The van der Waals surface area contributed by atoms with Crippen molar-refractivity contribution in [2.24, 2.45) is 7.05 Å². The van der Waals surface area contributed by atoms with Crippen LogP contribution in [0.3, 0.4) is 0 Å². The van der Waals surface area contributed by atoms with Crippen LogP contribution in [0.2, 0.25) is 5.02 Å². The van der Waals surface area contributed by atoms with E-state index in [1.807, 2.05) is 43.4 Å². The van der Waals surface area contributed by atoms with Crippen LogP contribution in [-0.4, -0.2) is 39.6 Å². The Morgan fingerprint density at radius 1 is 1.23 bits per heavy atom. The lowest BCUT2D eigenvalue weighted by Crippen LogP contribution is -2.16. The highest BCUT2D eigenvalue weighted by Gasteiger charge is 2.11. The number of aromatic nitrogens is 4. The van der Waals surface area contributed by atoms with Crippen molar-refractivity contribution in [2.75, 3.05) is 19.4 Å². The van der Waals surface area contributed by atoms with Gasteiger partial charge in [0.2, 0.25) is 5.16 Å². The van der Waals surface area contributed by atoms with Gasteiger partial charge in [0.25, 0.3) is 0 Å². The molecule has 1 N–H and O–H groups in total. The predicted molar refractivity (Wildman–Crippen MR) is 122 cm³/mol. The van der Waals surface area contributed by atoms with Crippen LogP contribution in [0.4, 0.5) is 0 Å². The van der Waals surface area contributed by atoms with E-state index in [0.717, 1.165) is 46.0 Å². The number of aryl methyl sites for hydroxylation is 1. The summed E-state index contributed by atoms with van der Waals surface area (Å²) in [7, 11) is 3.49. The Kier molecular flexibility index (Phi) is 8.80. The van der Waals surface area contributed by atoms with E-state index < -0.39 is 0 Å². The molecular weight excluding hydrogens is 490 g/mol. The summed E-state index contributed by atoms with van der Waals surface area (Å²) < 4.78 is 14.1. The second kappa shape index (κ2) is 11.5. The lowest BCUT2D eigenvalue weighted by molar-refractivity contribution is 0.284. The summed E-state index contributed by atoms with van der Waals surface area (Å²) in [6, 6.07) is 11.5. The van der Waals surface area contributed by atoms with Crippen LogP contribution < -0.4 is 14.8 Å². The normalized spacial score (nSPS) is 10.9. The molecule has 3 rings (SSSR count). The quantitative estimate of drug-likeness (QED) is 0.300. The molecule has 10 heteroatoms. The zero-order valence-electron chi connectivity index (χ0n) is 16.8. The summed E-state index contributed by atoms with van der Waals surface area (Å²) in [4.78, 5) is 0. The maximum atomic E-state index is 6.04. The van der Waals surface area contributed by atoms with Crippen LogP contribution in [0.5, 0.6) is 11.5 Å². The minimum atomic E-state index is 0.416. The van der Waals surface area contributed by atoms with Gasteiger partial charge in [-0.2, -0.15) is 0 Å². The topological polar surface area (TPSA) is 74.1 Å². The van der Waals surface area contributed by atoms with Gasteiger partial charge < -0.3 is 14.8 Å². The third-order valence-corrected chi connectivity index (χ3v) is 6.31. The van der Waals surface area contributed by atoms with E-state index in [1.165, 1.54) is 0 Å². The van der Waals surface area contributed by atoms with Gasteiger partial charge >= 0.3 is 0 Å². The first-order valence-electron chi connectivity index (χ1n) is 9.36. The third kappa shape index (κ3) is 6.60. The monoisotopic (exact) mass is 511 g/mol. The molecule has 0 aliphatic rings. The average Bonchev–Trinajstić information content (AvgIpc) is 3.14. The molecule has 0 amide bonds. The minimum absolute atomic E-state index is 0.416. The van der Waals surface area contributed by atoms with Crippen LogP contribution in [0.15, 0.2) is 46.0 Å². The first kappa shape index (κ1) is 22.9. The van der Waals surface area contributed by atoms with Crippen LogP contribution in [0, 0.1) is 0 Å². The van der Waals surface area contributed by atoms with Crippen LogP contribution in [0.1, 0.15) is 17.5 Å². The molecule has 0 saturated heterocycles. The molecule has 0 atom stereocenters. The minimum Gasteiger partial charge on any atom is -0.493 e. The SMILES string of the molecule is COc1cc(CNCCCSc2nnnn2C)c(Br)cc1OCc1cccc(Cl)c1. The third-order valence-electron chi connectivity index (χ3n) is 4.24. The highest BCUT2D eigenvalue weighted by atomic mass is 79.9. The number of ether oxygens (including phenoxy) is 2. The molecule has 1 heterocycles. The molecule has 160 valence electrons. The summed E-state index contributed by atoms with van der Waals surface area (Å²) in [6.45, 7) is 2.03. The molecular formula is C20H23BrClN5O2S.